The molecule has 0 aliphatic heterocycles. The number of nitrogens with one attached hydrogen (secondary N) is 1. The monoisotopic (exact) mass is 221 g/mol. The molecule has 0 radical (unpaired) electrons. The van der Waals surface area contributed by atoms with Gasteiger partial charge in [-0.15, -0.1) is 11.8 Å². The van der Waals surface area contributed by atoms with E-state index < -0.39 is 0 Å². The Balaban J connectivity index is 1.93. The number of anilines is 1. The summed E-state index contributed by atoms with van der Waals surface area (Å²) in [6.45, 7) is 2.35. The molecule has 0 bridgehead atoms. The molecular formula is C13H19NS. The Hall–Kier alpha value is -0.630. The van der Waals surface area contributed by atoms with Crippen LogP contribution in [0.5, 0.6) is 0 Å². The minimum atomic E-state index is 0.695. The van der Waals surface area contributed by atoms with Gasteiger partial charge in [0.1, 0.15) is 0 Å². The van der Waals surface area contributed by atoms with Crippen molar-refractivity contribution in [3.8, 4) is 0 Å². The lowest BCUT2D eigenvalue weighted by molar-refractivity contribution is 0.602. The first-order valence-corrected chi connectivity index (χ1v) is 6.91. The van der Waals surface area contributed by atoms with E-state index in [1.54, 1.807) is 11.8 Å². The van der Waals surface area contributed by atoms with E-state index >= 15 is 0 Å². The average molecular weight is 221 g/mol. The lowest BCUT2D eigenvalue weighted by Gasteiger charge is -2.14. The molecule has 0 heterocycles. The highest BCUT2D eigenvalue weighted by molar-refractivity contribution is 7.98. The van der Waals surface area contributed by atoms with Crippen molar-refractivity contribution in [1.29, 1.82) is 0 Å². The van der Waals surface area contributed by atoms with Crippen LogP contribution in [-0.2, 0) is 0 Å². The first kappa shape index (κ1) is 10.9. The van der Waals surface area contributed by atoms with Gasteiger partial charge in [-0.2, -0.15) is 0 Å². The summed E-state index contributed by atoms with van der Waals surface area (Å²) in [5.41, 5.74) is 1.27. The van der Waals surface area contributed by atoms with Crippen molar-refractivity contribution in [3.05, 3.63) is 24.3 Å². The predicted octanol–water partition coefficient (Wildman–Crippen LogP) is 4.01. The summed E-state index contributed by atoms with van der Waals surface area (Å²) in [6.07, 6.45) is 6.14. The van der Waals surface area contributed by atoms with Crippen molar-refractivity contribution < 1.29 is 0 Å². The van der Waals surface area contributed by atoms with Crippen LogP contribution < -0.4 is 5.32 Å². The first-order valence-electron chi connectivity index (χ1n) is 5.68. The lowest BCUT2D eigenvalue weighted by Crippen LogP contribution is -2.14. The average Bonchev–Trinajstić information content (AvgIpc) is 2.65. The Morgan fingerprint density at radius 1 is 1.20 bits per heavy atom. The fourth-order valence-electron chi connectivity index (χ4n) is 2.26. The van der Waals surface area contributed by atoms with Crippen molar-refractivity contribution in [2.45, 2.75) is 37.1 Å². The molecule has 1 aromatic carbocycles. The highest BCUT2D eigenvalue weighted by Gasteiger charge is 2.20. The van der Waals surface area contributed by atoms with E-state index in [-0.39, 0.29) is 0 Å². The normalized spacial score (nSPS) is 25.5. The summed E-state index contributed by atoms with van der Waals surface area (Å²) in [7, 11) is 0. The summed E-state index contributed by atoms with van der Waals surface area (Å²) >= 11 is 1.79. The van der Waals surface area contributed by atoms with E-state index in [9.17, 15) is 0 Å². The molecule has 1 saturated carbocycles. The minimum Gasteiger partial charge on any atom is -0.382 e. The van der Waals surface area contributed by atoms with E-state index in [0.29, 0.717) is 6.04 Å². The van der Waals surface area contributed by atoms with Gasteiger partial charge in [-0.1, -0.05) is 6.92 Å². The van der Waals surface area contributed by atoms with Gasteiger partial charge in [0.25, 0.3) is 0 Å². The van der Waals surface area contributed by atoms with Crippen LogP contribution in [0.25, 0.3) is 0 Å². The zero-order chi connectivity index (χ0) is 10.7. The van der Waals surface area contributed by atoms with Gasteiger partial charge in [-0.25, -0.2) is 0 Å². The molecular weight excluding hydrogens is 202 g/mol. The molecule has 1 aliphatic rings. The molecule has 1 N–H and O–H groups in total. The number of hydrogen-bond donors (Lipinski definition) is 1. The maximum absolute atomic E-state index is 3.61. The second-order valence-corrected chi connectivity index (χ2v) is 5.37. The second-order valence-electron chi connectivity index (χ2n) is 4.49. The summed E-state index contributed by atoms with van der Waals surface area (Å²) in [4.78, 5) is 1.33. The Kier molecular flexibility index (Phi) is 3.57. The lowest BCUT2D eigenvalue weighted by atomic mass is 10.1. The Morgan fingerprint density at radius 3 is 2.47 bits per heavy atom. The molecule has 82 valence electrons. The van der Waals surface area contributed by atoms with Gasteiger partial charge in [-0.05, 0) is 55.7 Å². The summed E-state index contributed by atoms with van der Waals surface area (Å²) in [5, 5.41) is 3.61. The molecule has 0 aromatic heterocycles. The highest BCUT2D eigenvalue weighted by Crippen LogP contribution is 2.28. The Labute approximate surface area is 96.7 Å². The molecule has 1 fully saturated rings. The van der Waals surface area contributed by atoms with E-state index in [1.165, 1.54) is 29.8 Å². The molecule has 0 amide bonds. The third-order valence-corrected chi connectivity index (χ3v) is 3.90. The Morgan fingerprint density at radius 2 is 1.93 bits per heavy atom. The number of benzene rings is 1. The van der Waals surface area contributed by atoms with Crippen LogP contribution in [0.3, 0.4) is 0 Å². The van der Waals surface area contributed by atoms with Crippen molar-refractivity contribution in [3.63, 3.8) is 0 Å². The van der Waals surface area contributed by atoms with Crippen LogP contribution >= 0.6 is 11.8 Å². The van der Waals surface area contributed by atoms with E-state index in [1.807, 2.05) is 0 Å². The van der Waals surface area contributed by atoms with Gasteiger partial charge in [0.05, 0.1) is 0 Å². The molecule has 1 aliphatic carbocycles. The van der Waals surface area contributed by atoms with Gasteiger partial charge >= 0.3 is 0 Å². The van der Waals surface area contributed by atoms with Gasteiger partial charge in [0.15, 0.2) is 0 Å². The van der Waals surface area contributed by atoms with Gasteiger partial charge in [-0.3, -0.25) is 0 Å². The number of rotatable bonds is 3. The summed E-state index contributed by atoms with van der Waals surface area (Å²) < 4.78 is 0. The number of thioether (sulfide) groups is 1. The quantitative estimate of drug-likeness (QED) is 0.774. The van der Waals surface area contributed by atoms with Crippen LogP contribution in [0.15, 0.2) is 29.2 Å². The molecule has 1 nitrogen and oxygen atoms in total. The van der Waals surface area contributed by atoms with Crippen molar-refractivity contribution in [2.75, 3.05) is 11.6 Å². The van der Waals surface area contributed by atoms with E-state index in [0.717, 1.165) is 5.92 Å². The van der Waals surface area contributed by atoms with Crippen LogP contribution in [-0.4, -0.2) is 12.3 Å². The Bertz CT molecular complexity index is 307. The van der Waals surface area contributed by atoms with Gasteiger partial charge in [0.2, 0.25) is 0 Å². The van der Waals surface area contributed by atoms with Gasteiger partial charge in [0, 0.05) is 16.6 Å². The van der Waals surface area contributed by atoms with Crippen LogP contribution in [0, 0.1) is 5.92 Å². The molecule has 1 aromatic rings. The topological polar surface area (TPSA) is 12.0 Å². The maximum Gasteiger partial charge on any atom is 0.0343 e. The minimum absolute atomic E-state index is 0.695. The van der Waals surface area contributed by atoms with Crippen LogP contribution in [0.4, 0.5) is 5.69 Å². The van der Waals surface area contributed by atoms with Crippen LogP contribution in [0.1, 0.15) is 26.2 Å². The van der Waals surface area contributed by atoms with E-state index in [2.05, 4.69) is 42.8 Å². The predicted molar refractivity (Wildman–Crippen MR) is 68.6 cm³/mol. The highest BCUT2D eigenvalue weighted by atomic mass is 32.2. The van der Waals surface area contributed by atoms with Crippen LogP contribution in [0.2, 0.25) is 0 Å². The third-order valence-electron chi connectivity index (χ3n) is 3.16. The number of hydrogen-bond acceptors (Lipinski definition) is 2. The summed E-state index contributed by atoms with van der Waals surface area (Å²) in [5.74, 6) is 0.896. The molecule has 2 unspecified atom stereocenters. The van der Waals surface area contributed by atoms with Crippen molar-refractivity contribution in [1.82, 2.24) is 0 Å². The van der Waals surface area contributed by atoms with Crippen molar-refractivity contribution >= 4 is 17.4 Å². The second kappa shape index (κ2) is 4.93. The van der Waals surface area contributed by atoms with Crippen molar-refractivity contribution in [2.24, 2.45) is 5.92 Å². The smallest absolute Gasteiger partial charge is 0.0343 e. The molecule has 2 rings (SSSR count). The largest absolute Gasteiger partial charge is 0.382 e. The summed E-state index contributed by atoms with van der Waals surface area (Å²) in [6, 6.07) is 9.44. The third kappa shape index (κ3) is 2.91. The standard InChI is InChI=1S/C13H19NS/c1-10-3-4-12(9-10)14-11-5-7-13(15-2)8-6-11/h5-8,10,12,14H,3-4,9H2,1-2H3. The first-order chi connectivity index (χ1) is 7.28. The maximum atomic E-state index is 3.61. The fourth-order valence-corrected chi connectivity index (χ4v) is 2.67. The molecule has 15 heavy (non-hydrogen) atoms. The fraction of sp³-hybridized carbons (Fsp3) is 0.538. The van der Waals surface area contributed by atoms with Gasteiger partial charge < -0.3 is 5.32 Å². The molecule has 0 spiro atoms. The molecule has 2 heteroatoms. The zero-order valence-electron chi connectivity index (χ0n) is 9.49. The SMILES string of the molecule is CSc1ccc(NC2CCC(C)C2)cc1. The molecule has 0 saturated heterocycles. The zero-order valence-corrected chi connectivity index (χ0v) is 10.3. The molecule has 2 atom stereocenters. The van der Waals surface area contributed by atoms with E-state index in [4.69, 9.17) is 0 Å².